The Morgan fingerprint density at radius 1 is 1.00 bits per heavy atom. The van der Waals surface area contributed by atoms with Crippen molar-refractivity contribution in [2.24, 2.45) is 5.92 Å². The van der Waals surface area contributed by atoms with Gasteiger partial charge in [0.15, 0.2) is 5.82 Å². The monoisotopic (exact) mass is 407 g/mol. The molecule has 0 radical (unpaired) electrons. The van der Waals surface area contributed by atoms with Crippen molar-refractivity contribution < 1.29 is 9.59 Å². The Labute approximate surface area is 177 Å². The molecule has 30 heavy (non-hydrogen) atoms. The highest BCUT2D eigenvalue weighted by molar-refractivity contribution is 5.86. The number of rotatable bonds is 6. The zero-order chi connectivity index (χ0) is 21.1. The topological polar surface area (TPSA) is 69.6 Å². The lowest BCUT2D eigenvalue weighted by Gasteiger charge is -2.36. The van der Waals surface area contributed by atoms with Crippen molar-refractivity contribution in [3.8, 4) is 11.3 Å². The number of benzene rings is 1. The van der Waals surface area contributed by atoms with Crippen molar-refractivity contribution in [1.29, 1.82) is 0 Å². The second-order valence-electron chi connectivity index (χ2n) is 8.36. The Morgan fingerprint density at radius 2 is 1.70 bits per heavy atom. The van der Waals surface area contributed by atoms with Gasteiger partial charge in [0.1, 0.15) is 6.54 Å². The van der Waals surface area contributed by atoms with Crippen molar-refractivity contribution in [3.63, 3.8) is 0 Å². The van der Waals surface area contributed by atoms with Gasteiger partial charge in [0, 0.05) is 43.7 Å². The maximum atomic E-state index is 12.8. The number of hydrogen-bond acceptors (Lipinski definition) is 5. The van der Waals surface area contributed by atoms with Crippen LogP contribution in [0.3, 0.4) is 0 Å². The third kappa shape index (κ3) is 4.61. The van der Waals surface area contributed by atoms with E-state index < -0.39 is 0 Å². The number of carbonyl (C=O) groups is 2. The molecule has 1 saturated carbocycles. The minimum absolute atomic E-state index is 0.0426. The molecule has 1 aliphatic carbocycles. The summed E-state index contributed by atoms with van der Waals surface area (Å²) < 4.78 is 0. The zero-order valence-electron chi connectivity index (χ0n) is 17.7. The van der Waals surface area contributed by atoms with Crippen molar-refractivity contribution in [2.45, 2.75) is 32.7 Å². The summed E-state index contributed by atoms with van der Waals surface area (Å²) in [5.74, 6) is 0.878. The molecule has 1 aromatic heterocycles. The van der Waals surface area contributed by atoms with Crippen LogP contribution in [-0.4, -0.2) is 70.6 Å². The minimum atomic E-state index is -0.0762. The molecule has 0 N–H and O–H groups in total. The molecule has 2 aromatic rings. The molecule has 2 aliphatic rings. The second kappa shape index (κ2) is 8.81. The highest BCUT2D eigenvalue weighted by atomic mass is 16.2. The van der Waals surface area contributed by atoms with E-state index in [0.29, 0.717) is 26.2 Å². The molecule has 2 heterocycles. The first kappa shape index (κ1) is 20.3. The van der Waals surface area contributed by atoms with Gasteiger partial charge in [0.2, 0.25) is 11.8 Å². The molecule has 0 atom stereocenters. The summed E-state index contributed by atoms with van der Waals surface area (Å²) in [5, 5.41) is 8.75. The molecule has 1 aliphatic heterocycles. The predicted octanol–water partition coefficient (Wildman–Crippen LogP) is 2.44. The summed E-state index contributed by atoms with van der Waals surface area (Å²) >= 11 is 0. The van der Waals surface area contributed by atoms with E-state index in [4.69, 9.17) is 0 Å². The highest BCUT2D eigenvalue weighted by Crippen LogP contribution is 2.28. The Balaban J connectivity index is 1.32. The van der Waals surface area contributed by atoms with E-state index >= 15 is 0 Å². The Bertz CT molecular complexity index is 872. The van der Waals surface area contributed by atoms with Gasteiger partial charge in [-0.15, -0.1) is 10.2 Å². The van der Waals surface area contributed by atoms with Crippen LogP contribution in [0.15, 0.2) is 42.5 Å². The van der Waals surface area contributed by atoms with Gasteiger partial charge in [-0.05, 0) is 25.0 Å². The van der Waals surface area contributed by atoms with Crippen LogP contribution in [-0.2, 0) is 9.59 Å². The number of anilines is 1. The van der Waals surface area contributed by atoms with Gasteiger partial charge in [0.05, 0.1) is 5.69 Å². The van der Waals surface area contributed by atoms with E-state index in [2.05, 4.69) is 15.1 Å². The average molecular weight is 408 g/mol. The van der Waals surface area contributed by atoms with Crippen LogP contribution in [0, 0.1) is 5.92 Å². The maximum absolute atomic E-state index is 12.8. The Morgan fingerprint density at radius 3 is 2.27 bits per heavy atom. The smallest absolute Gasteiger partial charge is 0.242 e. The summed E-state index contributed by atoms with van der Waals surface area (Å²) in [6.45, 7) is 6.69. The standard InChI is InChI=1S/C23H29N5O2/c1-17(2)23(30)28(19-8-9-19)16-22(29)27-14-12-26(13-15-27)21-11-10-20(24-25-21)18-6-4-3-5-7-18/h3-7,10-11,17,19H,8-9,12-16H2,1-2H3. The molecule has 7 nitrogen and oxygen atoms in total. The fourth-order valence-corrected chi connectivity index (χ4v) is 3.79. The van der Waals surface area contributed by atoms with Crippen molar-refractivity contribution in [2.75, 3.05) is 37.6 Å². The van der Waals surface area contributed by atoms with Crippen molar-refractivity contribution >= 4 is 17.6 Å². The van der Waals surface area contributed by atoms with Crippen molar-refractivity contribution in [1.82, 2.24) is 20.0 Å². The van der Waals surface area contributed by atoms with E-state index in [-0.39, 0.29) is 30.3 Å². The molecule has 158 valence electrons. The predicted molar refractivity (Wildman–Crippen MR) is 116 cm³/mol. The van der Waals surface area contributed by atoms with E-state index in [1.807, 2.05) is 61.2 Å². The number of carbonyl (C=O) groups excluding carboxylic acids is 2. The van der Waals surface area contributed by atoms with Crippen LogP contribution in [0.2, 0.25) is 0 Å². The number of hydrogen-bond donors (Lipinski definition) is 0. The van der Waals surface area contributed by atoms with Crippen molar-refractivity contribution in [3.05, 3.63) is 42.5 Å². The van der Waals surface area contributed by atoms with Crippen LogP contribution in [0.1, 0.15) is 26.7 Å². The van der Waals surface area contributed by atoms with Crippen LogP contribution < -0.4 is 4.90 Å². The van der Waals surface area contributed by atoms with E-state index in [1.165, 1.54) is 0 Å². The summed E-state index contributed by atoms with van der Waals surface area (Å²) in [4.78, 5) is 31.0. The lowest BCUT2D eigenvalue weighted by atomic mass is 10.1. The van der Waals surface area contributed by atoms with Crippen LogP contribution in [0.4, 0.5) is 5.82 Å². The largest absolute Gasteiger partial charge is 0.352 e. The van der Waals surface area contributed by atoms with Gasteiger partial charge in [0.25, 0.3) is 0 Å². The summed E-state index contributed by atoms with van der Waals surface area (Å²) in [7, 11) is 0. The molecule has 0 bridgehead atoms. The van der Waals surface area contributed by atoms with E-state index in [1.54, 1.807) is 4.90 Å². The molecule has 4 rings (SSSR count). The van der Waals surface area contributed by atoms with Gasteiger partial charge < -0.3 is 14.7 Å². The quantitative estimate of drug-likeness (QED) is 0.736. The molecule has 0 spiro atoms. The third-order valence-corrected chi connectivity index (χ3v) is 5.75. The second-order valence-corrected chi connectivity index (χ2v) is 8.36. The van der Waals surface area contributed by atoms with Gasteiger partial charge in [-0.3, -0.25) is 9.59 Å². The zero-order valence-corrected chi connectivity index (χ0v) is 17.7. The van der Waals surface area contributed by atoms with Gasteiger partial charge in [-0.1, -0.05) is 44.2 Å². The van der Waals surface area contributed by atoms with Gasteiger partial charge in [-0.25, -0.2) is 0 Å². The fraction of sp³-hybridized carbons (Fsp3) is 0.478. The minimum Gasteiger partial charge on any atom is -0.352 e. The number of amides is 2. The molecular weight excluding hydrogens is 378 g/mol. The molecule has 2 fully saturated rings. The first-order chi connectivity index (χ1) is 14.5. The third-order valence-electron chi connectivity index (χ3n) is 5.75. The summed E-state index contributed by atoms with van der Waals surface area (Å²) in [6, 6.07) is 14.2. The Kier molecular flexibility index (Phi) is 5.97. The Hall–Kier alpha value is -2.96. The number of piperazine rings is 1. The molecule has 7 heteroatoms. The SMILES string of the molecule is CC(C)C(=O)N(CC(=O)N1CCN(c2ccc(-c3ccccc3)nn2)CC1)C1CC1. The molecular formula is C23H29N5O2. The van der Waals surface area contributed by atoms with Crippen LogP contribution in [0.5, 0.6) is 0 Å². The van der Waals surface area contributed by atoms with Crippen LogP contribution in [0.25, 0.3) is 11.3 Å². The van der Waals surface area contributed by atoms with E-state index in [0.717, 1.165) is 29.9 Å². The highest BCUT2D eigenvalue weighted by Gasteiger charge is 2.36. The van der Waals surface area contributed by atoms with E-state index in [9.17, 15) is 9.59 Å². The fourth-order valence-electron chi connectivity index (χ4n) is 3.79. The lowest BCUT2D eigenvalue weighted by molar-refractivity contribution is -0.143. The van der Waals surface area contributed by atoms with Gasteiger partial charge >= 0.3 is 0 Å². The first-order valence-corrected chi connectivity index (χ1v) is 10.8. The number of nitrogens with zero attached hydrogens (tertiary/aromatic N) is 5. The van der Waals surface area contributed by atoms with Crippen LogP contribution >= 0.6 is 0 Å². The first-order valence-electron chi connectivity index (χ1n) is 10.8. The lowest BCUT2D eigenvalue weighted by Crippen LogP contribution is -2.52. The maximum Gasteiger partial charge on any atom is 0.242 e. The summed E-state index contributed by atoms with van der Waals surface area (Å²) in [5.41, 5.74) is 1.89. The normalized spacial score (nSPS) is 16.6. The molecule has 1 saturated heterocycles. The molecule has 0 unspecified atom stereocenters. The molecule has 2 amide bonds. The average Bonchev–Trinajstić information content (AvgIpc) is 3.63. The number of aromatic nitrogens is 2. The van der Waals surface area contributed by atoms with Gasteiger partial charge in [-0.2, -0.15) is 0 Å². The molecule has 1 aromatic carbocycles. The summed E-state index contributed by atoms with van der Waals surface area (Å²) in [6.07, 6.45) is 2.02.